The van der Waals surface area contributed by atoms with Crippen LogP contribution in [0.5, 0.6) is 0 Å². The number of carboxylic acids is 1. The molecule has 0 aromatic heterocycles. The largest absolute Gasteiger partial charge is 0.478 e. The van der Waals surface area contributed by atoms with Gasteiger partial charge in [0, 0.05) is 6.08 Å². The van der Waals surface area contributed by atoms with Crippen molar-refractivity contribution in [1.29, 1.82) is 0 Å². The summed E-state index contributed by atoms with van der Waals surface area (Å²) in [5.41, 5.74) is 1.19. The van der Waals surface area contributed by atoms with Gasteiger partial charge in [0.1, 0.15) is 0 Å². The summed E-state index contributed by atoms with van der Waals surface area (Å²) >= 11 is 0. The molecule has 1 N–H and O–H groups in total. The number of carbonyl (C=O) groups is 1. The predicted octanol–water partition coefficient (Wildman–Crippen LogP) is 2.06. The van der Waals surface area contributed by atoms with Crippen LogP contribution in [0.15, 0.2) is 11.6 Å². The van der Waals surface area contributed by atoms with Gasteiger partial charge in [0.05, 0.1) is 0 Å². The number of carboxylic acid groups (broad SMARTS) is 1. The lowest BCUT2D eigenvalue weighted by atomic mass is 9.85. The first-order chi connectivity index (χ1) is 5.68. The summed E-state index contributed by atoms with van der Waals surface area (Å²) in [5.74, 6) is 1.13. The van der Waals surface area contributed by atoms with Crippen molar-refractivity contribution in [2.75, 3.05) is 0 Å². The van der Waals surface area contributed by atoms with E-state index in [4.69, 9.17) is 5.11 Å². The summed E-state index contributed by atoms with van der Waals surface area (Å²) in [5, 5.41) is 8.64. The van der Waals surface area contributed by atoms with E-state index in [-0.39, 0.29) is 0 Å². The number of hydrogen-bond donors (Lipinski definition) is 1. The van der Waals surface area contributed by atoms with Gasteiger partial charge in [-0.05, 0) is 37.0 Å². The Kier molecular flexibility index (Phi) is 1.71. The van der Waals surface area contributed by atoms with Crippen molar-refractivity contribution < 1.29 is 9.90 Å². The van der Waals surface area contributed by atoms with Crippen molar-refractivity contribution in [2.24, 2.45) is 17.8 Å². The van der Waals surface area contributed by atoms with E-state index in [2.05, 4.69) is 6.92 Å². The monoisotopic (exact) mass is 166 g/mol. The second-order valence-corrected chi connectivity index (χ2v) is 4.04. The van der Waals surface area contributed by atoms with Crippen molar-refractivity contribution in [2.45, 2.75) is 26.2 Å². The lowest BCUT2D eigenvalue weighted by Gasteiger charge is -2.20. The number of aliphatic carboxylic acids is 1. The Bertz CT molecular complexity index is 238. The molecule has 1 unspecified atom stereocenters. The van der Waals surface area contributed by atoms with E-state index in [1.807, 2.05) is 0 Å². The molecule has 12 heavy (non-hydrogen) atoms. The molecule has 2 fully saturated rings. The predicted molar refractivity (Wildman–Crippen MR) is 45.7 cm³/mol. The molecule has 2 nitrogen and oxygen atoms in total. The lowest BCUT2D eigenvalue weighted by molar-refractivity contribution is -0.131. The number of allylic oxidation sites excluding steroid dienone is 1. The molecular weight excluding hydrogens is 152 g/mol. The third-order valence-corrected chi connectivity index (χ3v) is 3.47. The SMILES string of the molecule is CC1/C(=C/C(=O)O)[C@@H]2CC[C@H]1C2. The highest BCUT2D eigenvalue weighted by Gasteiger charge is 2.41. The minimum atomic E-state index is -0.774. The maximum atomic E-state index is 10.5. The van der Waals surface area contributed by atoms with Gasteiger partial charge in [0.15, 0.2) is 0 Å². The van der Waals surface area contributed by atoms with Gasteiger partial charge < -0.3 is 5.11 Å². The summed E-state index contributed by atoms with van der Waals surface area (Å²) < 4.78 is 0. The summed E-state index contributed by atoms with van der Waals surface area (Å²) in [6.07, 6.45) is 5.20. The van der Waals surface area contributed by atoms with E-state index in [1.165, 1.54) is 30.9 Å². The average Bonchev–Trinajstić information content (AvgIpc) is 2.53. The van der Waals surface area contributed by atoms with Crippen LogP contribution < -0.4 is 0 Å². The van der Waals surface area contributed by atoms with Gasteiger partial charge in [-0.15, -0.1) is 0 Å². The molecule has 0 spiro atoms. The molecule has 0 heterocycles. The minimum absolute atomic E-state index is 0.528. The highest BCUT2D eigenvalue weighted by Crippen LogP contribution is 2.51. The highest BCUT2D eigenvalue weighted by atomic mass is 16.4. The van der Waals surface area contributed by atoms with Crippen LogP contribution in [0, 0.1) is 17.8 Å². The summed E-state index contributed by atoms with van der Waals surface area (Å²) in [4.78, 5) is 10.5. The molecule has 66 valence electrons. The quantitative estimate of drug-likeness (QED) is 0.605. The molecule has 0 saturated heterocycles. The van der Waals surface area contributed by atoms with Crippen LogP contribution in [0.3, 0.4) is 0 Å². The molecule has 2 rings (SSSR count). The zero-order valence-electron chi connectivity index (χ0n) is 7.29. The third-order valence-electron chi connectivity index (χ3n) is 3.47. The van der Waals surface area contributed by atoms with E-state index in [0.717, 1.165) is 5.92 Å². The van der Waals surface area contributed by atoms with E-state index in [1.54, 1.807) is 0 Å². The first-order valence-electron chi connectivity index (χ1n) is 4.63. The number of rotatable bonds is 1. The molecule has 2 bridgehead atoms. The summed E-state index contributed by atoms with van der Waals surface area (Å²) in [7, 11) is 0. The molecule has 2 aliphatic rings. The zero-order valence-corrected chi connectivity index (χ0v) is 7.29. The molecule has 0 aromatic carbocycles. The fraction of sp³-hybridized carbons (Fsp3) is 0.700. The second kappa shape index (κ2) is 2.61. The van der Waals surface area contributed by atoms with Gasteiger partial charge in [-0.25, -0.2) is 4.79 Å². The van der Waals surface area contributed by atoms with Crippen molar-refractivity contribution in [1.82, 2.24) is 0 Å². The molecule has 0 radical (unpaired) electrons. The average molecular weight is 166 g/mol. The fourth-order valence-electron chi connectivity index (χ4n) is 2.81. The second-order valence-electron chi connectivity index (χ2n) is 4.04. The van der Waals surface area contributed by atoms with Crippen LogP contribution in [0.2, 0.25) is 0 Å². The van der Waals surface area contributed by atoms with Gasteiger partial charge in [-0.3, -0.25) is 0 Å². The molecular formula is C10H14O2. The zero-order chi connectivity index (χ0) is 8.72. The van der Waals surface area contributed by atoms with Crippen molar-refractivity contribution >= 4 is 5.97 Å². The van der Waals surface area contributed by atoms with E-state index >= 15 is 0 Å². The molecule has 0 aromatic rings. The Balaban J connectivity index is 2.22. The molecule has 2 heteroatoms. The standard InChI is InChI=1S/C10H14O2/c1-6-7-2-3-8(4-7)9(6)5-10(11)12/h5-8H,2-4H2,1H3,(H,11,12)/b9-5-/t6?,7-,8+/m0/s1. The smallest absolute Gasteiger partial charge is 0.328 e. The van der Waals surface area contributed by atoms with Crippen molar-refractivity contribution in [3.8, 4) is 0 Å². The summed E-state index contributed by atoms with van der Waals surface area (Å²) in [6, 6.07) is 0. The van der Waals surface area contributed by atoms with Crippen LogP contribution in [0.4, 0.5) is 0 Å². The van der Waals surface area contributed by atoms with Gasteiger partial charge in [0.25, 0.3) is 0 Å². The van der Waals surface area contributed by atoms with Gasteiger partial charge in [-0.1, -0.05) is 12.5 Å². The van der Waals surface area contributed by atoms with Crippen LogP contribution in [0.1, 0.15) is 26.2 Å². The summed E-state index contributed by atoms with van der Waals surface area (Å²) in [6.45, 7) is 2.17. The Morgan fingerprint density at radius 1 is 1.58 bits per heavy atom. The van der Waals surface area contributed by atoms with Crippen molar-refractivity contribution in [3.05, 3.63) is 11.6 Å². The highest BCUT2D eigenvalue weighted by molar-refractivity contribution is 5.81. The fourth-order valence-corrected chi connectivity index (χ4v) is 2.81. The topological polar surface area (TPSA) is 37.3 Å². The Morgan fingerprint density at radius 2 is 2.33 bits per heavy atom. The van der Waals surface area contributed by atoms with E-state index < -0.39 is 5.97 Å². The Labute approximate surface area is 72.3 Å². The first-order valence-corrected chi connectivity index (χ1v) is 4.63. The molecule has 3 atom stereocenters. The van der Waals surface area contributed by atoms with Gasteiger partial charge in [-0.2, -0.15) is 0 Å². The van der Waals surface area contributed by atoms with Crippen LogP contribution in [-0.2, 0) is 4.79 Å². The number of hydrogen-bond acceptors (Lipinski definition) is 1. The van der Waals surface area contributed by atoms with Gasteiger partial charge in [0.2, 0.25) is 0 Å². The molecule has 0 aliphatic heterocycles. The van der Waals surface area contributed by atoms with Crippen LogP contribution in [0.25, 0.3) is 0 Å². The molecule has 0 amide bonds. The normalized spacial score (nSPS) is 42.4. The molecule has 2 saturated carbocycles. The van der Waals surface area contributed by atoms with E-state index in [0.29, 0.717) is 11.8 Å². The third kappa shape index (κ3) is 1.06. The maximum Gasteiger partial charge on any atom is 0.328 e. The van der Waals surface area contributed by atoms with E-state index in [9.17, 15) is 4.79 Å². The minimum Gasteiger partial charge on any atom is -0.478 e. The number of fused-ring (bicyclic) bond motifs is 2. The maximum absolute atomic E-state index is 10.5. The lowest BCUT2D eigenvalue weighted by Crippen LogP contribution is -2.11. The van der Waals surface area contributed by atoms with Crippen LogP contribution >= 0.6 is 0 Å². The molecule has 2 aliphatic carbocycles. The Morgan fingerprint density at radius 3 is 2.83 bits per heavy atom. The van der Waals surface area contributed by atoms with Gasteiger partial charge >= 0.3 is 5.97 Å². The first kappa shape index (κ1) is 7.84. The van der Waals surface area contributed by atoms with Crippen LogP contribution in [-0.4, -0.2) is 11.1 Å². The Hall–Kier alpha value is -0.790. The van der Waals surface area contributed by atoms with Crippen molar-refractivity contribution in [3.63, 3.8) is 0 Å².